The molecular formula is C10H19N3O5S. The van der Waals surface area contributed by atoms with Crippen LogP contribution in [0.1, 0.15) is 13.8 Å². The van der Waals surface area contributed by atoms with Crippen LogP contribution in [0.25, 0.3) is 0 Å². The average Bonchev–Trinajstić information content (AvgIpc) is 2.34. The largest absolute Gasteiger partial charge is 0.395 e. The minimum Gasteiger partial charge on any atom is -0.395 e. The van der Waals surface area contributed by atoms with Crippen LogP contribution < -0.4 is 10.6 Å². The predicted molar refractivity (Wildman–Crippen MR) is 71.4 cm³/mol. The number of amides is 2. The molecule has 3 N–H and O–H groups in total. The summed E-state index contributed by atoms with van der Waals surface area (Å²) >= 11 is 0.840. The fraction of sp³-hybridized carbons (Fsp3) is 0.800. The summed E-state index contributed by atoms with van der Waals surface area (Å²) in [6.45, 7) is 3.30. The first-order chi connectivity index (χ1) is 8.91. The highest BCUT2D eigenvalue weighted by atomic mass is 32.2. The van der Waals surface area contributed by atoms with Crippen molar-refractivity contribution in [2.45, 2.75) is 18.6 Å². The van der Waals surface area contributed by atoms with Crippen molar-refractivity contribution in [1.29, 1.82) is 0 Å². The monoisotopic (exact) mass is 293 g/mol. The summed E-state index contributed by atoms with van der Waals surface area (Å²) in [5, 5.41) is 13.4. The lowest BCUT2D eigenvalue weighted by Gasteiger charge is -2.19. The van der Waals surface area contributed by atoms with Crippen molar-refractivity contribution in [2.24, 2.45) is 4.58 Å². The standard InChI is InChI=1S/C10H19N3O5S/c1-10(2,19-13-17)7-12-9(16)6-18-5-8(15)11-3-4-14/h14H,3-7H2,1-2H3,(H,11,15)(H,12,16). The SMILES string of the molecule is CC(C)(CNC(=O)COCC(=O)NCCO)SN=O. The number of hydrogen-bond acceptors (Lipinski definition) is 7. The molecule has 19 heavy (non-hydrogen) atoms. The maximum Gasteiger partial charge on any atom is 0.246 e. The van der Waals surface area contributed by atoms with Gasteiger partial charge in [-0.05, 0) is 13.8 Å². The van der Waals surface area contributed by atoms with Crippen LogP contribution in [0, 0.1) is 4.91 Å². The van der Waals surface area contributed by atoms with Crippen LogP contribution in [-0.2, 0) is 14.3 Å². The molecule has 0 spiro atoms. The molecule has 0 unspecified atom stereocenters. The van der Waals surface area contributed by atoms with Gasteiger partial charge in [0, 0.05) is 29.6 Å². The molecule has 0 heterocycles. The Morgan fingerprint density at radius 2 is 1.84 bits per heavy atom. The summed E-state index contributed by atoms with van der Waals surface area (Å²) in [4.78, 5) is 32.5. The maximum absolute atomic E-state index is 11.4. The third-order valence-corrected chi connectivity index (χ3v) is 2.61. The normalized spacial score (nSPS) is 10.9. The van der Waals surface area contributed by atoms with Gasteiger partial charge in [-0.15, -0.1) is 4.91 Å². The Bertz CT molecular complexity index is 312. The highest BCUT2D eigenvalue weighted by molar-refractivity contribution is 7.99. The second-order valence-electron chi connectivity index (χ2n) is 4.27. The number of aliphatic hydroxyl groups excluding tert-OH is 1. The number of carbonyl (C=O) groups excluding carboxylic acids is 2. The third-order valence-electron chi connectivity index (χ3n) is 1.90. The Morgan fingerprint density at radius 3 is 2.37 bits per heavy atom. The number of carbonyl (C=O) groups is 2. The molecular weight excluding hydrogens is 274 g/mol. The van der Waals surface area contributed by atoms with Gasteiger partial charge in [0.25, 0.3) is 0 Å². The van der Waals surface area contributed by atoms with E-state index in [-0.39, 0.29) is 38.8 Å². The van der Waals surface area contributed by atoms with Crippen LogP contribution in [0.2, 0.25) is 0 Å². The molecule has 0 saturated heterocycles. The lowest BCUT2D eigenvalue weighted by molar-refractivity contribution is -0.131. The molecule has 0 radical (unpaired) electrons. The fourth-order valence-corrected chi connectivity index (χ4v) is 1.32. The van der Waals surface area contributed by atoms with E-state index in [0.29, 0.717) is 0 Å². The van der Waals surface area contributed by atoms with Crippen molar-refractivity contribution >= 4 is 23.8 Å². The minimum absolute atomic E-state index is 0.149. The van der Waals surface area contributed by atoms with Gasteiger partial charge in [0.15, 0.2) is 0 Å². The molecule has 0 aromatic rings. The first-order valence-corrected chi connectivity index (χ1v) is 6.41. The third kappa shape index (κ3) is 10.4. The number of nitrogens with one attached hydrogen (secondary N) is 2. The van der Waals surface area contributed by atoms with Gasteiger partial charge in [0.1, 0.15) is 13.2 Å². The lowest BCUT2D eigenvalue weighted by Crippen LogP contribution is -2.38. The summed E-state index contributed by atoms with van der Waals surface area (Å²) in [5.41, 5.74) is 0. The smallest absolute Gasteiger partial charge is 0.246 e. The van der Waals surface area contributed by atoms with Gasteiger partial charge in [0.05, 0.1) is 11.4 Å². The van der Waals surface area contributed by atoms with Gasteiger partial charge < -0.3 is 20.5 Å². The fourth-order valence-electron chi connectivity index (χ4n) is 0.978. The van der Waals surface area contributed by atoms with E-state index in [1.54, 1.807) is 13.8 Å². The first kappa shape index (κ1) is 17.8. The number of hydrogen-bond donors (Lipinski definition) is 3. The number of nitrogens with zero attached hydrogens (tertiary/aromatic N) is 1. The summed E-state index contributed by atoms with van der Waals surface area (Å²) in [6.07, 6.45) is 0. The maximum atomic E-state index is 11.4. The molecule has 0 rings (SSSR count). The molecule has 0 aliphatic carbocycles. The molecule has 9 heteroatoms. The molecule has 0 aromatic heterocycles. The van der Waals surface area contributed by atoms with Crippen molar-refractivity contribution in [3.8, 4) is 0 Å². The summed E-state index contributed by atoms with van der Waals surface area (Å²) < 4.78 is 7.10. The van der Waals surface area contributed by atoms with Gasteiger partial charge in [-0.1, -0.05) is 0 Å². The summed E-state index contributed by atoms with van der Waals surface area (Å²) in [7, 11) is 0. The Hall–Kier alpha value is -1.19. The molecule has 0 aromatic carbocycles. The van der Waals surface area contributed by atoms with Crippen molar-refractivity contribution < 1.29 is 19.4 Å². The van der Waals surface area contributed by atoms with E-state index >= 15 is 0 Å². The minimum atomic E-state index is -0.490. The van der Waals surface area contributed by atoms with Crippen LogP contribution in [-0.4, -0.2) is 54.6 Å². The van der Waals surface area contributed by atoms with Crippen molar-refractivity contribution in [3.63, 3.8) is 0 Å². The average molecular weight is 293 g/mol. The summed E-state index contributed by atoms with van der Waals surface area (Å²) in [5.74, 6) is -0.780. The molecule has 0 bridgehead atoms. The van der Waals surface area contributed by atoms with Crippen molar-refractivity contribution in [2.75, 3.05) is 32.9 Å². The Morgan fingerprint density at radius 1 is 1.26 bits per heavy atom. The number of ether oxygens (including phenoxy) is 1. The van der Waals surface area contributed by atoms with Gasteiger partial charge in [-0.3, -0.25) is 9.59 Å². The predicted octanol–water partition coefficient (Wildman–Crippen LogP) is -0.579. The second-order valence-corrected chi connectivity index (χ2v) is 5.71. The molecule has 0 atom stereocenters. The van der Waals surface area contributed by atoms with Gasteiger partial charge >= 0.3 is 0 Å². The number of nitroso groups, excluding NO2 is 1. The highest BCUT2D eigenvalue weighted by Crippen LogP contribution is 2.23. The van der Waals surface area contributed by atoms with E-state index in [4.69, 9.17) is 9.84 Å². The van der Waals surface area contributed by atoms with Crippen LogP contribution in [0.4, 0.5) is 0 Å². The van der Waals surface area contributed by atoms with Crippen LogP contribution >= 0.6 is 11.9 Å². The van der Waals surface area contributed by atoms with Crippen LogP contribution in [0.3, 0.4) is 0 Å². The summed E-state index contributed by atoms with van der Waals surface area (Å²) in [6, 6.07) is 0. The second kappa shape index (κ2) is 9.70. The highest BCUT2D eigenvalue weighted by Gasteiger charge is 2.20. The molecule has 0 saturated carbocycles. The topological polar surface area (TPSA) is 117 Å². The van der Waals surface area contributed by atoms with Gasteiger partial charge in [-0.25, -0.2) is 0 Å². The van der Waals surface area contributed by atoms with E-state index < -0.39 is 10.7 Å². The Balaban J connectivity index is 3.70. The zero-order chi connectivity index (χ0) is 14.7. The van der Waals surface area contributed by atoms with Crippen molar-refractivity contribution in [1.82, 2.24) is 10.6 Å². The lowest BCUT2D eigenvalue weighted by atomic mass is 10.2. The Labute approximate surface area is 115 Å². The zero-order valence-electron chi connectivity index (χ0n) is 11.0. The number of rotatable bonds is 10. The van der Waals surface area contributed by atoms with Crippen LogP contribution in [0.5, 0.6) is 0 Å². The molecule has 110 valence electrons. The molecule has 8 nitrogen and oxygen atoms in total. The quantitative estimate of drug-likeness (QED) is 0.366. The van der Waals surface area contributed by atoms with Gasteiger partial charge in [-0.2, -0.15) is 0 Å². The first-order valence-electron chi connectivity index (χ1n) is 5.64. The van der Waals surface area contributed by atoms with E-state index in [1.807, 2.05) is 0 Å². The van der Waals surface area contributed by atoms with E-state index in [1.165, 1.54) is 0 Å². The van der Waals surface area contributed by atoms with Gasteiger partial charge in [0.2, 0.25) is 11.8 Å². The molecule has 0 aliphatic heterocycles. The molecule has 0 fully saturated rings. The molecule has 2 amide bonds. The zero-order valence-corrected chi connectivity index (χ0v) is 11.8. The van der Waals surface area contributed by atoms with Crippen LogP contribution in [0.15, 0.2) is 4.58 Å². The Kier molecular flexibility index (Phi) is 9.09. The molecule has 0 aliphatic rings. The van der Waals surface area contributed by atoms with E-state index in [0.717, 1.165) is 11.9 Å². The van der Waals surface area contributed by atoms with E-state index in [9.17, 15) is 14.5 Å². The van der Waals surface area contributed by atoms with Crippen molar-refractivity contribution in [3.05, 3.63) is 4.91 Å². The van der Waals surface area contributed by atoms with E-state index in [2.05, 4.69) is 15.2 Å². The number of aliphatic hydroxyl groups is 1.